The Balaban J connectivity index is 1.86. The van der Waals surface area contributed by atoms with E-state index in [-0.39, 0.29) is 11.5 Å². The van der Waals surface area contributed by atoms with Crippen LogP contribution < -0.4 is 10.9 Å². The second-order valence-electron chi connectivity index (χ2n) is 5.44. The predicted octanol–water partition coefficient (Wildman–Crippen LogP) is 3.83. The molecular weight excluding hydrogens is 308 g/mol. The van der Waals surface area contributed by atoms with Crippen molar-refractivity contribution >= 4 is 33.2 Å². The number of hydrogen-bond donors (Lipinski definition) is 1. The van der Waals surface area contributed by atoms with Gasteiger partial charge in [0.05, 0.1) is 10.1 Å². The number of amides is 1. The second kappa shape index (κ2) is 6.38. The summed E-state index contributed by atoms with van der Waals surface area (Å²) >= 11 is 1.32. The smallest absolute Gasteiger partial charge is 0.269 e. The highest BCUT2D eigenvalue weighted by Gasteiger charge is 2.19. The van der Waals surface area contributed by atoms with Gasteiger partial charge in [0.25, 0.3) is 5.56 Å². The van der Waals surface area contributed by atoms with E-state index in [0.717, 1.165) is 22.4 Å². The second-order valence-corrected chi connectivity index (χ2v) is 6.45. The summed E-state index contributed by atoms with van der Waals surface area (Å²) in [5.41, 5.74) is 1.81. The molecule has 2 aromatic carbocycles. The van der Waals surface area contributed by atoms with Gasteiger partial charge in [-0.1, -0.05) is 42.7 Å². The van der Waals surface area contributed by atoms with Gasteiger partial charge >= 0.3 is 0 Å². The Kier molecular flexibility index (Phi) is 4.30. The van der Waals surface area contributed by atoms with Crippen LogP contribution in [0.25, 0.3) is 10.1 Å². The molecule has 3 aromatic rings. The van der Waals surface area contributed by atoms with Crippen LogP contribution in [0.5, 0.6) is 0 Å². The molecule has 0 aliphatic rings. The van der Waals surface area contributed by atoms with E-state index in [2.05, 4.69) is 12.2 Å². The highest BCUT2D eigenvalue weighted by Crippen LogP contribution is 2.21. The molecule has 0 spiro atoms. The Hall–Kier alpha value is -2.40. The third-order valence-electron chi connectivity index (χ3n) is 3.85. The van der Waals surface area contributed by atoms with Crippen molar-refractivity contribution in [2.24, 2.45) is 0 Å². The first-order valence-electron chi connectivity index (χ1n) is 7.60. The average Bonchev–Trinajstić information content (AvgIpc) is 2.91. The standard InChI is InChI=1S/C18H18N2O2S/c1-3-13-7-6-8-14(11-13)19-17(21)12(2)20-18(22)15-9-4-5-10-16(15)23-20/h4-12H,3H2,1-2H3,(H,19,21)/t12-/m1/s1. The van der Waals surface area contributed by atoms with Gasteiger partial charge < -0.3 is 5.32 Å². The summed E-state index contributed by atoms with van der Waals surface area (Å²) in [4.78, 5) is 24.9. The Labute approximate surface area is 138 Å². The number of carbonyl (C=O) groups excluding carboxylic acids is 1. The van der Waals surface area contributed by atoms with E-state index in [1.807, 2.05) is 42.5 Å². The van der Waals surface area contributed by atoms with Gasteiger partial charge in [-0.2, -0.15) is 0 Å². The van der Waals surface area contributed by atoms with E-state index in [1.165, 1.54) is 15.5 Å². The summed E-state index contributed by atoms with van der Waals surface area (Å²) in [5, 5.41) is 3.55. The fraction of sp³-hybridized carbons (Fsp3) is 0.222. The van der Waals surface area contributed by atoms with Crippen LogP contribution in [0.1, 0.15) is 25.5 Å². The minimum Gasteiger partial charge on any atom is -0.324 e. The van der Waals surface area contributed by atoms with E-state index in [1.54, 1.807) is 13.0 Å². The third kappa shape index (κ3) is 3.05. The summed E-state index contributed by atoms with van der Waals surface area (Å²) in [6.07, 6.45) is 0.912. The van der Waals surface area contributed by atoms with Crippen molar-refractivity contribution in [2.45, 2.75) is 26.3 Å². The van der Waals surface area contributed by atoms with Crippen molar-refractivity contribution in [1.29, 1.82) is 0 Å². The molecule has 0 aliphatic heterocycles. The summed E-state index contributed by atoms with van der Waals surface area (Å²) in [7, 11) is 0. The van der Waals surface area contributed by atoms with Crippen molar-refractivity contribution in [2.75, 3.05) is 5.32 Å². The van der Waals surface area contributed by atoms with Crippen LogP contribution in [-0.2, 0) is 11.2 Å². The molecule has 1 amide bonds. The number of carbonyl (C=O) groups is 1. The number of fused-ring (bicyclic) bond motifs is 1. The molecule has 4 nitrogen and oxygen atoms in total. The fourth-order valence-electron chi connectivity index (χ4n) is 2.47. The molecule has 0 saturated carbocycles. The molecule has 1 heterocycles. The number of benzene rings is 2. The lowest BCUT2D eigenvalue weighted by atomic mass is 10.1. The van der Waals surface area contributed by atoms with Crippen molar-refractivity contribution in [1.82, 2.24) is 3.96 Å². The van der Waals surface area contributed by atoms with Crippen LogP contribution >= 0.6 is 11.5 Å². The van der Waals surface area contributed by atoms with Gasteiger partial charge in [-0.25, -0.2) is 0 Å². The molecule has 118 valence electrons. The predicted molar refractivity (Wildman–Crippen MR) is 95.2 cm³/mol. The van der Waals surface area contributed by atoms with Crippen molar-refractivity contribution in [3.05, 3.63) is 64.4 Å². The van der Waals surface area contributed by atoms with Crippen LogP contribution in [0, 0.1) is 0 Å². The SMILES string of the molecule is CCc1cccc(NC(=O)[C@@H](C)n2sc3ccccc3c2=O)c1. The van der Waals surface area contributed by atoms with Crippen LogP contribution in [0.3, 0.4) is 0 Å². The minimum absolute atomic E-state index is 0.115. The minimum atomic E-state index is -0.551. The Bertz CT molecular complexity index is 911. The monoisotopic (exact) mass is 326 g/mol. The van der Waals surface area contributed by atoms with Gasteiger partial charge in [-0.3, -0.25) is 13.5 Å². The molecule has 0 aliphatic carbocycles. The van der Waals surface area contributed by atoms with Crippen molar-refractivity contribution in [3.8, 4) is 0 Å². The molecule has 1 N–H and O–H groups in total. The lowest BCUT2D eigenvalue weighted by Crippen LogP contribution is -2.28. The lowest BCUT2D eigenvalue weighted by molar-refractivity contribution is -0.118. The molecule has 0 radical (unpaired) electrons. The highest BCUT2D eigenvalue weighted by atomic mass is 32.1. The summed E-state index contributed by atoms with van der Waals surface area (Å²) in [6, 6.07) is 14.6. The third-order valence-corrected chi connectivity index (χ3v) is 5.08. The van der Waals surface area contributed by atoms with Crippen molar-refractivity contribution < 1.29 is 4.79 Å². The maximum Gasteiger partial charge on any atom is 0.269 e. The largest absolute Gasteiger partial charge is 0.324 e. The molecule has 0 saturated heterocycles. The van der Waals surface area contributed by atoms with Gasteiger partial charge in [-0.05, 0) is 43.2 Å². The summed E-state index contributed by atoms with van der Waals surface area (Å²) in [6.45, 7) is 3.82. The average molecular weight is 326 g/mol. The van der Waals surface area contributed by atoms with Crippen LogP contribution in [0.15, 0.2) is 53.3 Å². The maximum absolute atomic E-state index is 12.5. The summed E-state index contributed by atoms with van der Waals surface area (Å²) in [5.74, 6) is -0.188. The first kappa shape index (κ1) is 15.5. The molecule has 0 unspecified atom stereocenters. The number of anilines is 1. The molecule has 23 heavy (non-hydrogen) atoms. The molecule has 0 bridgehead atoms. The Morgan fingerprint density at radius 1 is 1.22 bits per heavy atom. The quantitative estimate of drug-likeness (QED) is 0.792. The zero-order chi connectivity index (χ0) is 16.4. The van der Waals surface area contributed by atoms with Crippen molar-refractivity contribution in [3.63, 3.8) is 0 Å². The molecule has 3 rings (SSSR count). The first-order chi connectivity index (χ1) is 11.1. The topological polar surface area (TPSA) is 51.1 Å². The number of hydrogen-bond acceptors (Lipinski definition) is 3. The lowest BCUT2D eigenvalue weighted by Gasteiger charge is -2.12. The molecular formula is C18H18N2O2S. The van der Waals surface area contributed by atoms with Crippen LogP contribution in [0.2, 0.25) is 0 Å². The number of aromatic nitrogens is 1. The van der Waals surface area contributed by atoms with E-state index < -0.39 is 6.04 Å². The first-order valence-corrected chi connectivity index (χ1v) is 8.38. The van der Waals surface area contributed by atoms with E-state index in [4.69, 9.17) is 0 Å². The van der Waals surface area contributed by atoms with Crippen LogP contribution in [-0.4, -0.2) is 9.86 Å². The van der Waals surface area contributed by atoms with E-state index in [0.29, 0.717) is 5.39 Å². The molecule has 5 heteroatoms. The molecule has 0 fully saturated rings. The fourth-order valence-corrected chi connectivity index (χ4v) is 3.51. The number of rotatable bonds is 4. The maximum atomic E-state index is 12.5. The number of nitrogens with zero attached hydrogens (tertiary/aromatic N) is 1. The van der Waals surface area contributed by atoms with Gasteiger partial charge in [0.15, 0.2) is 0 Å². The zero-order valence-electron chi connectivity index (χ0n) is 13.1. The number of nitrogens with one attached hydrogen (secondary N) is 1. The van der Waals surface area contributed by atoms with Gasteiger partial charge in [0.2, 0.25) is 5.91 Å². The summed E-state index contributed by atoms with van der Waals surface area (Å²) < 4.78 is 2.43. The van der Waals surface area contributed by atoms with E-state index >= 15 is 0 Å². The molecule has 1 aromatic heterocycles. The van der Waals surface area contributed by atoms with Gasteiger partial charge in [0, 0.05) is 5.69 Å². The highest BCUT2D eigenvalue weighted by molar-refractivity contribution is 7.14. The Morgan fingerprint density at radius 3 is 2.74 bits per heavy atom. The Morgan fingerprint density at radius 2 is 2.00 bits per heavy atom. The van der Waals surface area contributed by atoms with Gasteiger partial charge in [0.1, 0.15) is 6.04 Å². The number of aryl methyl sites for hydroxylation is 1. The van der Waals surface area contributed by atoms with Gasteiger partial charge in [-0.15, -0.1) is 0 Å². The molecule has 1 atom stereocenters. The zero-order valence-corrected chi connectivity index (χ0v) is 13.9. The van der Waals surface area contributed by atoms with E-state index in [9.17, 15) is 9.59 Å². The normalized spacial score (nSPS) is 12.3. The van der Waals surface area contributed by atoms with Crippen LogP contribution in [0.4, 0.5) is 5.69 Å².